The molecule has 0 amide bonds. The fraction of sp³-hybridized carbons (Fsp3) is 0.625. The van der Waals surface area contributed by atoms with E-state index < -0.39 is 0 Å². The Labute approximate surface area is 111 Å². The second kappa shape index (κ2) is 6.91. The van der Waals surface area contributed by atoms with Crippen LogP contribution in [0.25, 0.3) is 0 Å². The molecule has 1 atom stereocenters. The van der Waals surface area contributed by atoms with Crippen LogP contribution < -0.4 is 5.32 Å². The fourth-order valence-electron chi connectivity index (χ4n) is 2.80. The highest BCUT2D eigenvalue weighted by atomic mass is 15.1. The van der Waals surface area contributed by atoms with Crippen molar-refractivity contribution in [2.24, 2.45) is 5.92 Å². The lowest BCUT2D eigenvalue weighted by molar-refractivity contribution is 0.245. The minimum Gasteiger partial charge on any atom is -0.316 e. The SMILES string of the molecule is Cc1cccc(CCN(C)CC2CCCNC2)c1. The number of nitrogens with one attached hydrogen (secondary N) is 1. The van der Waals surface area contributed by atoms with Crippen LogP contribution in [0.3, 0.4) is 0 Å². The van der Waals surface area contributed by atoms with Crippen LogP contribution in [0.4, 0.5) is 0 Å². The van der Waals surface area contributed by atoms with Crippen LogP contribution in [-0.2, 0) is 6.42 Å². The van der Waals surface area contributed by atoms with E-state index in [1.165, 1.54) is 56.6 Å². The number of nitrogens with zero attached hydrogens (tertiary/aromatic N) is 1. The van der Waals surface area contributed by atoms with Crippen LogP contribution in [-0.4, -0.2) is 38.1 Å². The van der Waals surface area contributed by atoms with Gasteiger partial charge >= 0.3 is 0 Å². The van der Waals surface area contributed by atoms with Crippen LogP contribution in [0.15, 0.2) is 24.3 Å². The topological polar surface area (TPSA) is 15.3 Å². The third-order valence-corrected chi connectivity index (χ3v) is 3.83. The molecule has 1 aliphatic heterocycles. The van der Waals surface area contributed by atoms with Gasteiger partial charge in [0.15, 0.2) is 0 Å². The van der Waals surface area contributed by atoms with Crippen molar-refractivity contribution in [2.45, 2.75) is 26.2 Å². The predicted octanol–water partition coefficient (Wildman–Crippen LogP) is 2.47. The molecule has 0 radical (unpaired) electrons. The molecule has 1 aromatic rings. The monoisotopic (exact) mass is 246 g/mol. The Balaban J connectivity index is 1.72. The molecule has 1 heterocycles. The second-order valence-corrected chi connectivity index (χ2v) is 5.71. The molecule has 0 spiro atoms. The molecule has 1 unspecified atom stereocenters. The van der Waals surface area contributed by atoms with Crippen molar-refractivity contribution in [1.29, 1.82) is 0 Å². The Kier molecular flexibility index (Phi) is 5.21. The van der Waals surface area contributed by atoms with E-state index in [1.807, 2.05) is 0 Å². The van der Waals surface area contributed by atoms with Crippen molar-refractivity contribution in [1.82, 2.24) is 10.2 Å². The third-order valence-electron chi connectivity index (χ3n) is 3.83. The van der Waals surface area contributed by atoms with Gasteiger partial charge in [0.2, 0.25) is 0 Å². The van der Waals surface area contributed by atoms with Crippen LogP contribution in [0.5, 0.6) is 0 Å². The first-order chi connectivity index (χ1) is 8.74. The number of rotatable bonds is 5. The number of benzene rings is 1. The molecular weight excluding hydrogens is 220 g/mol. The molecule has 100 valence electrons. The Morgan fingerprint density at radius 3 is 3.00 bits per heavy atom. The normalized spacial score (nSPS) is 20.3. The third kappa shape index (κ3) is 4.43. The largest absolute Gasteiger partial charge is 0.316 e. The number of hydrogen-bond donors (Lipinski definition) is 1. The number of likely N-dealkylation sites (N-methyl/N-ethyl adjacent to an activating group) is 1. The van der Waals surface area contributed by atoms with Gasteiger partial charge in [-0.05, 0) is 57.8 Å². The van der Waals surface area contributed by atoms with Gasteiger partial charge in [-0.1, -0.05) is 29.8 Å². The second-order valence-electron chi connectivity index (χ2n) is 5.71. The molecule has 2 rings (SSSR count). The first kappa shape index (κ1) is 13.6. The van der Waals surface area contributed by atoms with E-state index in [0.717, 1.165) is 5.92 Å². The highest BCUT2D eigenvalue weighted by Gasteiger charge is 2.14. The summed E-state index contributed by atoms with van der Waals surface area (Å²) < 4.78 is 0. The molecule has 1 N–H and O–H groups in total. The average molecular weight is 246 g/mol. The van der Waals surface area contributed by atoms with Crippen molar-refractivity contribution < 1.29 is 0 Å². The Morgan fingerprint density at radius 1 is 1.39 bits per heavy atom. The maximum atomic E-state index is 3.49. The number of hydrogen-bond acceptors (Lipinski definition) is 2. The van der Waals surface area contributed by atoms with Gasteiger partial charge in [0, 0.05) is 13.1 Å². The Bertz CT molecular complexity index is 356. The maximum absolute atomic E-state index is 3.49. The molecule has 1 fully saturated rings. The van der Waals surface area contributed by atoms with E-state index >= 15 is 0 Å². The summed E-state index contributed by atoms with van der Waals surface area (Å²) in [5.41, 5.74) is 2.83. The van der Waals surface area contributed by atoms with Crippen molar-refractivity contribution >= 4 is 0 Å². The maximum Gasteiger partial charge on any atom is 0.00189 e. The first-order valence-corrected chi connectivity index (χ1v) is 7.19. The fourth-order valence-corrected chi connectivity index (χ4v) is 2.80. The molecule has 2 heteroatoms. The molecule has 1 aliphatic rings. The molecule has 0 aliphatic carbocycles. The van der Waals surface area contributed by atoms with Gasteiger partial charge < -0.3 is 10.2 Å². The smallest absolute Gasteiger partial charge is 0.00189 e. The van der Waals surface area contributed by atoms with Gasteiger partial charge in [0.05, 0.1) is 0 Å². The van der Waals surface area contributed by atoms with Gasteiger partial charge in [0.25, 0.3) is 0 Å². The van der Waals surface area contributed by atoms with Crippen molar-refractivity contribution in [3.63, 3.8) is 0 Å². The Hall–Kier alpha value is -0.860. The standard InChI is InChI=1S/C16H26N2/c1-14-5-3-6-15(11-14)8-10-18(2)13-16-7-4-9-17-12-16/h3,5-6,11,16-17H,4,7-10,12-13H2,1-2H3. The van der Waals surface area contributed by atoms with Crippen LogP contribution in [0.2, 0.25) is 0 Å². The van der Waals surface area contributed by atoms with Gasteiger partial charge in [-0.2, -0.15) is 0 Å². The molecule has 0 aromatic heterocycles. The summed E-state index contributed by atoms with van der Waals surface area (Å²) in [6.45, 7) is 6.98. The lowest BCUT2D eigenvalue weighted by atomic mass is 9.99. The van der Waals surface area contributed by atoms with Gasteiger partial charge in [-0.25, -0.2) is 0 Å². The van der Waals surface area contributed by atoms with Crippen molar-refractivity contribution in [2.75, 3.05) is 33.2 Å². The van der Waals surface area contributed by atoms with Crippen molar-refractivity contribution in [3.05, 3.63) is 35.4 Å². The van der Waals surface area contributed by atoms with E-state index in [-0.39, 0.29) is 0 Å². The summed E-state index contributed by atoms with van der Waals surface area (Å²) in [5, 5.41) is 3.49. The minimum absolute atomic E-state index is 0.848. The summed E-state index contributed by atoms with van der Waals surface area (Å²) in [7, 11) is 2.25. The Morgan fingerprint density at radius 2 is 2.28 bits per heavy atom. The summed E-state index contributed by atoms with van der Waals surface area (Å²) in [4.78, 5) is 2.49. The number of aryl methyl sites for hydroxylation is 1. The van der Waals surface area contributed by atoms with E-state index in [1.54, 1.807) is 0 Å². The molecule has 0 saturated carbocycles. The van der Waals surface area contributed by atoms with Crippen LogP contribution in [0.1, 0.15) is 24.0 Å². The highest BCUT2D eigenvalue weighted by molar-refractivity contribution is 5.22. The first-order valence-electron chi connectivity index (χ1n) is 7.19. The summed E-state index contributed by atoms with van der Waals surface area (Å²) >= 11 is 0. The average Bonchev–Trinajstić information content (AvgIpc) is 2.38. The van der Waals surface area contributed by atoms with E-state index in [9.17, 15) is 0 Å². The van der Waals surface area contributed by atoms with E-state index in [2.05, 4.69) is 48.5 Å². The molecule has 18 heavy (non-hydrogen) atoms. The molecule has 0 bridgehead atoms. The molecular formula is C16H26N2. The van der Waals surface area contributed by atoms with Crippen LogP contribution in [0, 0.1) is 12.8 Å². The van der Waals surface area contributed by atoms with E-state index in [0.29, 0.717) is 0 Å². The summed E-state index contributed by atoms with van der Waals surface area (Å²) in [5.74, 6) is 0.848. The van der Waals surface area contributed by atoms with Crippen molar-refractivity contribution in [3.8, 4) is 0 Å². The van der Waals surface area contributed by atoms with Gasteiger partial charge in [-0.3, -0.25) is 0 Å². The summed E-state index contributed by atoms with van der Waals surface area (Å²) in [6.07, 6.45) is 3.90. The number of piperidine rings is 1. The minimum atomic E-state index is 0.848. The van der Waals surface area contributed by atoms with E-state index in [4.69, 9.17) is 0 Å². The van der Waals surface area contributed by atoms with Gasteiger partial charge in [-0.15, -0.1) is 0 Å². The van der Waals surface area contributed by atoms with Gasteiger partial charge in [0.1, 0.15) is 0 Å². The zero-order valence-electron chi connectivity index (χ0n) is 11.8. The van der Waals surface area contributed by atoms with Crippen LogP contribution >= 0.6 is 0 Å². The molecule has 1 saturated heterocycles. The summed E-state index contributed by atoms with van der Waals surface area (Å²) in [6, 6.07) is 8.87. The zero-order valence-corrected chi connectivity index (χ0v) is 11.8. The molecule has 1 aromatic carbocycles. The highest BCUT2D eigenvalue weighted by Crippen LogP contribution is 2.11. The lowest BCUT2D eigenvalue weighted by Crippen LogP contribution is -2.37. The quantitative estimate of drug-likeness (QED) is 0.858. The molecule has 2 nitrogen and oxygen atoms in total. The predicted molar refractivity (Wildman–Crippen MR) is 78.0 cm³/mol. The zero-order chi connectivity index (χ0) is 12.8. The lowest BCUT2D eigenvalue weighted by Gasteiger charge is -2.27.